The molecule has 1 aromatic carbocycles. The molecule has 1 aromatic heterocycles. The molecule has 2 aliphatic carbocycles. The van der Waals surface area contributed by atoms with Crippen molar-refractivity contribution in [3.05, 3.63) is 46.8 Å². The number of esters is 1. The molecule has 2 aromatic rings. The van der Waals surface area contributed by atoms with Gasteiger partial charge in [-0.3, -0.25) is 4.65 Å². The monoisotopic (exact) mass is 905 g/mol. The third kappa shape index (κ3) is 19.1. The number of carbonyl (C=O) groups excluding carboxylic acids is 1. The summed E-state index contributed by atoms with van der Waals surface area (Å²) in [6, 6.07) is 7.64. The number of hydroxylamine groups is 2. The van der Waals surface area contributed by atoms with Gasteiger partial charge in [0.05, 0.1) is 125 Å². The zero-order valence-corrected chi connectivity index (χ0v) is 38.3. The van der Waals surface area contributed by atoms with Crippen LogP contribution in [0.3, 0.4) is 0 Å². The average molecular weight is 905 g/mol. The summed E-state index contributed by atoms with van der Waals surface area (Å²) >= 11 is 0. The third-order valence-corrected chi connectivity index (χ3v) is 11.8. The van der Waals surface area contributed by atoms with Crippen molar-refractivity contribution < 1.29 is 57.3 Å². The summed E-state index contributed by atoms with van der Waals surface area (Å²) in [5.74, 6) is 1.33. The van der Waals surface area contributed by atoms with Crippen LogP contribution in [0.1, 0.15) is 75.5 Å². The Balaban J connectivity index is 0.870. The Bertz CT molecular complexity index is 1550. The number of nitrogens with one attached hydrogen (secondary N) is 1. The molecule has 17 nitrogen and oxygen atoms in total. The fourth-order valence-corrected chi connectivity index (χ4v) is 8.36. The molecule has 2 fully saturated rings. The molecular weight excluding hydrogens is 829 g/mol. The van der Waals surface area contributed by atoms with Gasteiger partial charge < -0.3 is 62.7 Å². The van der Waals surface area contributed by atoms with E-state index in [1.807, 2.05) is 29.2 Å². The number of methoxy groups -OCH3 is 1. The van der Waals surface area contributed by atoms with E-state index in [2.05, 4.69) is 4.98 Å². The lowest BCUT2D eigenvalue weighted by Gasteiger charge is -2.52. The maximum absolute atomic E-state index is 14.8. The molecule has 0 radical (unpaired) electrons. The first-order chi connectivity index (χ1) is 31.5. The summed E-state index contributed by atoms with van der Waals surface area (Å²) in [6.07, 6.45) is 13.4. The molecule has 64 heavy (non-hydrogen) atoms. The number of H-pyrrole nitrogens is 1. The zero-order chi connectivity index (χ0) is 44.9. The molecule has 0 amide bonds. The number of aromatic nitrogens is 2. The van der Waals surface area contributed by atoms with Gasteiger partial charge in [0.2, 0.25) is 0 Å². The Morgan fingerprint density at radius 2 is 1.14 bits per heavy atom. The number of benzene rings is 1. The normalized spacial score (nSPS) is 20.0. The van der Waals surface area contributed by atoms with Crippen LogP contribution in [0.25, 0.3) is 17.5 Å². The van der Waals surface area contributed by atoms with Crippen LogP contribution in [0.4, 0.5) is 5.82 Å². The highest BCUT2D eigenvalue weighted by molar-refractivity contribution is 5.87. The number of aliphatic hydroxyl groups is 1. The predicted octanol–water partition coefficient (Wildman–Crippen LogP) is 5.47. The minimum absolute atomic E-state index is 0.128. The Labute approximate surface area is 380 Å². The molecule has 2 atom stereocenters. The fraction of sp³-hybridized carbons (Fsp3) is 0.745. The number of hydrogen-bond acceptors (Lipinski definition) is 15. The van der Waals surface area contributed by atoms with Gasteiger partial charge >= 0.3 is 5.97 Å². The number of fused-ring (bicyclic) bond motifs is 1. The number of carbonyl (C=O) groups is 1. The predicted molar refractivity (Wildman–Crippen MR) is 242 cm³/mol. The van der Waals surface area contributed by atoms with Crippen LogP contribution in [0, 0.1) is 17.0 Å². The second-order valence-corrected chi connectivity index (χ2v) is 16.7. The van der Waals surface area contributed by atoms with Crippen molar-refractivity contribution in [1.82, 2.24) is 19.5 Å². The fourth-order valence-electron chi connectivity index (χ4n) is 8.36. The number of ether oxygens (including phenoxy) is 10. The van der Waals surface area contributed by atoms with Crippen molar-refractivity contribution in [2.24, 2.45) is 11.8 Å². The van der Waals surface area contributed by atoms with Crippen molar-refractivity contribution >= 4 is 17.9 Å². The first-order valence-corrected chi connectivity index (χ1v) is 23.6. The molecule has 5 rings (SSSR count). The van der Waals surface area contributed by atoms with Gasteiger partial charge in [-0.1, -0.05) is 62.8 Å². The minimum atomic E-state index is -1.16. The van der Waals surface area contributed by atoms with Gasteiger partial charge in [-0.05, 0) is 43.2 Å². The minimum Gasteiger partial charge on any atom is -0.623 e. The van der Waals surface area contributed by atoms with E-state index in [0.717, 1.165) is 61.9 Å². The highest BCUT2D eigenvalue weighted by Crippen LogP contribution is 2.40. The number of rotatable bonds is 34. The van der Waals surface area contributed by atoms with Gasteiger partial charge in [-0.25, -0.2) is 9.69 Å². The van der Waals surface area contributed by atoms with Crippen molar-refractivity contribution in [2.45, 2.75) is 77.1 Å². The number of aromatic amines is 1. The Morgan fingerprint density at radius 3 is 1.62 bits per heavy atom. The van der Waals surface area contributed by atoms with Crippen LogP contribution in [0.5, 0.6) is 0 Å². The van der Waals surface area contributed by atoms with E-state index in [1.165, 1.54) is 31.8 Å². The Morgan fingerprint density at radius 1 is 0.688 bits per heavy atom. The van der Waals surface area contributed by atoms with Gasteiger partial charge in [0.25, 0.3) is 12.2 Å². The molecule has 0 bridgehead atoms. The molecule has 17 heteroatoms. The summed E-state index contributed by atoms with van der Waals surface area (Å²) < 4.78 is 53.1. The van der Waals surface area contributed by atoms with Crippen molar-refractivity contribution in [1.29, 1.82) is 0 Å². The largest absolute Gasteiger partial charge is 0.623 e. The van der Waals surface area contributed by atoms with E-state index in [4.69, 9.17) is 52.4 Å². The lowest BCUT2D eigenvalue weighted by atomic mass is 9.88. The van der Waals surface area contributed by atoms with E-state index < -0.39 is 17.0 Å². The van der Waals surface area contributed by atoms with E-state index in [1.54, 1.807) is 13.2 Å². The Kier molecular flexibility index (Phi) is 25.4. The summed E-state index contributed by atoms with van der Waals surface area (Å²) in [7, 11) is 1.64. The molecule has 1 aliphatic heterocycles. The third-order valence-electron chi connectivity index (χ3n) is 11.8. The maximum Gasteiger partial charge on any atom is 0.330 e. The molecule has 2 N–H and O–H groups in total. The maximum atomic E-state index is 14.8. The highest BCUT2D eigenvalue weighted by atomic mass is 16.6. The molecule has 0 saturated heterocycles. The number of imidazole rings is 1. The quantitative estimate of drug-likeness (QED) is 0.0296. The summed E-state index contributed by atoms with van der Waals surface area (Å²) in [5.41, 5.74) is 2.44. The van der Waals surface area contributed by atoms with E-state index in [-0.39, 0.29) is 19.1 Å². The second-order valence-electron chi connectivity index (χ2n) is 16.7. The van der Waals surface area contributed by atoms with Crippen molar-refractivity contribution in [2.75, 3.05) is 139 Å². The van der Waals surface area contributed by atoms with Crippen LogP contribution in [-0.2, 0) is 58.7 Å². The summed E-state index contributed by atoms with van der Waals surface area (Å²) in [4.78, 5) is 22.7. The SMILES string of the molecule is COCCOCCOCCOCCOCCOCCOCCOCCOCCOC(=O)/C=C/c1ccc(-c2nc3c([nH]2)CN(CC2CCCCC2)C(O)[N+]3([O-])CC2CCCCC2)cc1. The van der Waals surface area contributed by atoms with E-state index in [9.17, 15) is 15.1 Å². The van der Waals surface area contributed by atoms with Crippen LogP contribution >= 0.6 is 0 Å². The topological polar surface area (TPSA) is 185 Å². The number of hydrogen-bond donors (Lipinski definition) is 2. The van der Waals surface area contributed by atoms with Crippen molar-refractivity contribution in [3.63, 3.8) is 0 Å². The number of aliphatic hydroxyl groups excluding tert-OH is 1. The van der Waals surface area contributed by atoms with Gasteiger partial charge in [-0.2, -0.15) is 4.98 Å². The second kappa shape index (κ2) is 31.2. The van der Waals surface area contributed by atoms with E-state index >= 15 is 0 Å². The van der Waals surface area contributed by atoms with Gasteiger partial charge in [0.15, 0.2) is 0 Å². The van der Waals surface area contributed by atoms with Crippen molar-refractivity contribution in [3.8, 4) is 11.4 Å². The van der Waals surface area contributed by atoms with Gasteiger partial charge in [0, 0.05) is 31.2 Å². The molecule has 3 aliphatic rings. The molecule has 362 valence electrons. The lowest BCUT2D eigenvalue weighted by molar-refractivity contribution is -0.139. The molecule has 2 unspecified atom stereocenters. The summed E-state index contributed by atoms with van der Waals surface area (Å²) in [6.45, 7) is 9.77. The van der Waals surface area contributed by atoms with Gasteiger partial charge in [0.1, 0.15) is 18.1 Å². The van der Waals surface area contributed by atoms with Crippen LogP contribution < -0.4 is 4.65 Å². The van der Waals surface area contributed by atoms with Gasteiger partial charge in [-0.15, -0.1) is 0 Å². The zero-order valence-electron chi connectivity index (χ0n) is 38.3. The standard InChI is InChI=1S/C47H76N4O13/c1-55-18-19-56-20-21-57-22-23-58-24-25-59-26-27-60-28-29-61-30-31-62-32-33-63-34-35-64-44(52)17-14-39-12-15-42(16-13-39)45-48-43-37-50(36-40-8-4-2-5-9-40)47(53)51(54,46(43)49-45)38-41-10-6-3-7-11-41/h12-17,40-41,47,53H,2-11,18-38H2,1H3,(H,48,49)/b17-14+. The smallest absolute Gasteiger partial charge is 0.330 e. The lowest BCUT2D eigenvalue weighted by Crippen LogP contribution is -2.65. The molecule has 0 spiro atoms. The number of quaternary nitrogens is 1. The van der Waals surface area contributed by atoms with Crippen LogP contribution in [-0.4, -0.2) is 171 Å². The van der Waals surface area contributed by atoms with Crippen LogP contribution in [0.15, 0.2) is 30.3 Å². The molecular formula is C47H76N4O13. The van der Waals surface area contributed by atoms with Crippen LogP contribution in [0.2, 0.25) is 0 Å². The summed E-state index contributed by atoms with van der Waals surface area (Å²) in [5, 5.41) is 26.5. The highest BCUT2D eigenvalue weighted by Gasteiger charge is 2.46. The average Bonchev–Trinajstić information content (AvgIpc) is 3.76. The van der Waals surface area contributed by atoms with E-state index in [0.29, 0.717) is 136 Å². The molecule has 2 heterocycles. The Hall–Kier alpha value is -2.88. The first-order valence-electron chi connectivity index (χ1n) is 23.6. The number of nitrogens with zero attached hydrogens (tertiary/aromatic N) is 3. The first kappa shape index (κ1) is 52.1. The molecule has 2 saturated carbocycles.